The van der Waals surface area contributed by atoms with Crippen LogP contribution in [0.3, 0.4) is 0 Å². The summed E-state index contributed by atoms with van der Waals surface area (Å²) in [7, 11) is 0. The molecule has 12 N–H and O–H groups in total. The topological polar surface area (TPSA) is 371 Å². The van der Waals surface area contributed by atoms with Crippen LogP contribution < -0.4 is 0 Å². The molecule has 222 valence electrons. The van der Waals surface area contributed by atoms with Gasteiger partial charge in [-0.2, -0.15) is 0 Å². The second kappa shape index (κ2) is 90.7. The summed E-state index contributed by atoms with van der Waals surface area (Å²) in [6, 6.07) is 0. The molecule has 0 spiro atoms. The van der Waals surface area contributed by atoms with Crippen LogP contribution in [-0.2, 0) is 78.0 Å². The third-order valence-electron chi connectivity index (χ3n) is 0.0373. The van der Waals surface area contributed by atoms with Gasteiger partial charge in [0.1, 0.15) is 0 Å². The zero-order valence-electron chi connectivity index (χ0n) is 22.1. The van der Waals surface area contributed by atoms with Crippen molar-refractivity contribution in [2.24, 2.45) is 0 Å². The Bertz CT molecular complexity index is 388. The van der Waals surface area contributed by atoms with Crippen LogP contribution in [0, 0.1) is 0 Å². The molecular weight excluding hydrogens is 666 g/mol. The number of carbonyl (C=O) groups excluding carboxylic acids is 1. The summed E-state index contributed by atoms with van der Waals surface area (Å²) in [5.41, 5.74) is 0. The van der Waals surface area contributed by atoms with Gasteiger partial charge in [-0.05, 0) is 6.47 Å². The average Bonchev–Trinajstić information content (AvgIpc) is 2.42. The number of hydrogen-bond acceptors (Lipinski definition) is 10. The molecule has 0 amide bonds. The zero-order chi connectivity index (χ0) is 28.5. The maximum absolute atomic E-state index is 9.00. The Morgan fingerprint density at radius 1 is 0.447 bits per heavy atom. The first-order valence-corrected chi connectivity index (χ1v) is 7.08. The molecule has 0 aromatic rings. The fourth-order valence-corrected chi connectivity index (χ4v) is 0. The number of carbonyl (C=O) groups is 7. The van der Waals surface area contributed by atoms with Crippen molar-refractivity contribution in [1.29, 1.82) is 0 Å². The maximum Gasteiger partial charge on any atom is 0.300 e. The first-order valence-electron chi connectivity index (χ1n) is 7.08. The van der Waals surface area contributed by atoms with E-state index in [1.807, 2.05) is 0 Å². The van der Waals surface area contributed by atoms with Crippen molar-refractivity contribution in [3.63, 3.8) is 0 Å². The molecule has 0 aromatic heterocycles. The van der Waals surface area contributed by atoms with Gasteiger partial charge in [-0.15, -0.1) is 0 Å². The summed E-state index contributed by atoms with van der Waals surface area (Å²) >= 11 is 0. The van der Waals surface area contributed by atoms with E-state index in [-0.39, 0.29) is 148 Å². The van der Waals surface area contributed by atoms with Crippen LogP contribution in [0.25, 0.3) is 0 Å². The van der Waals surface area contributed by atoms with Gasteiger partial charge < -0.3 is 56.4 Å². The molecule has 0 saturated heterocycles. The van der Waals surface area contributed by atoms with Crippen molar-refractivity contribution in [1.82, 2.24) is 0 Å². The Morgan fingerprint density at radius 3 is 0.474 bits per heavy atom. The second-order valence-corrected chi connectivity index (χ2v) is 3.81. The van der Waals surface area contributed by atoms with Crippen LogP contribution in [-0.4, -0.2) is 203 Å². The van der Waals surface area contributed by atoms with E-state index in [1.165, 1.54) is 0 Å². The van der Waals surface area contributed by atoms with Gasteiger partial charge in [0, 0.05) is 186 Å². The van der Waals surface area contributed by atoms with Gasteiger partial charge in [0.2, 0.25) is 0 Å². The SMILES string of the molecule is CC(=O)O.CC(=O)O.CC(=O)O.CC(=O)O.CC(=O)O.CC(=O)O.CC(=O)O.O.O.O=[C-]OO.[Cr].[Cr].[K].[K]. The fourth-order valence-electron chi connectivity index (χ4n) is 0. The molecular formula is C15H33Cr2K2O19-. The standard InChI is InChI=1S/7C2H4O2.CHO3.2Cr.2K.2H2O/c7*1-2(3)4;2-1-4-3;;;;;;/h7*1H3,(H,3,4);3H;;;;;2*1H2/q;;;;;;;-1;;;;;;. The van der Waals surface area contributed by atoms with Crippen LogP contribution in [0.4, 0.5) is 0 Å². The van der Waals surface area contributed by atoms with E-state index < -0.39 is 41.8 Å². The minimum atomic E-state index is -0.833. The van der Waals surface area contributed by atoms with Crippen molar-refractivity contribution in [3.8, 4) is 0 Å². The summed E-state index contributed by atoms with van der Waals surface area (Å²) in [5, 5.41) is 58.9. The van der Waals surface area contributed by atoms with Gasteiger partial charge in [0.25, 0.3) is 41.8 Å². The number of carboxylic acid groups (broad SMARTS) is 7. The number of aliphatic carboxylic acids is 7. The van der Waals surface area contributed by atoms with Crippen LogP contribution in [0.1, 0.15) is 48.5 Å². The second-order valence-electron chi connectivity index (χ2n) is 3.81. The van der Waals surface area contributed by atoms with Gasteiger partial charge >= 0.3 is 0 Å². The molecule has 0 atom stereocenters. The molecule has 0 unspecified atom stereocenters. The summed E-state index contributed by atoms with van der Waals surface area (Å²) in [5.74, 6) is -5.83. The van der Waals surface area contributed by atoms with Crippen molar-refractivity contribution < 1.29 is 130 Å². The third-order valence-corrected chi connectivity index (χ3v) is 0.0373. The average molecular weight is 700 g/mol. The molecule has 0 bridgehead atoms. The van der Waals surface area contributed by atoms with Crippen LogP contribution in [0.2, 0.25) is 0 Å². The van der Waals surface area contributed by atoms with Gasteiger partial charge in [-0.3, -0.25) is 33.6 Å². The minimum Gasteiger partial charge on any atom is -0.509 e. The molecule has 0 aliphatic rings. The minimum absolute atomic E-state index is 0. The van der Waals surface area contributed by atoms with E-state index in [0.717, 1.165) is 54.9 Å². The van der Waals surface area contributed by atoms with Crippen LogP contribution >= 0.6 is 0 Å². The summed E-state index contributed by atoms with van der Waals surface area (Å²) < 4.78 is 0. The Morgan fingerprint density at radius 2 is 0.474 bits per heavy atom. The normalized spacial score (nSPS) is 5.16. The Hall–Kier alpha value is -0.0223. The van der Waals surface area contributed by atoms with Gasteiger partial charge in [0.05, 0.1) is 0 Å². The molecule has 2 radical (unpaired) electrons. The molecule has 23 heteroatoms. The molecule has 0 aliphatic heterocycles. The third kappa shape index (κ3) is 46100. The van der Waals surface area contributed by atoms with Crippen LogP contribution in [0.5, 0.6) is 0 Å². The summed E-state index contributed by atoms with van der Waals surface area (Å²) in [6.45, 7) is 8.32. The van der Waals surface area contributed by atoms with Gasteiger partial charge in [0.15, 0.2) is 0 Å². The largest absolute Gasteiger partial charge is 0.509 e. The zero-order valence-corrected chi connectivity index (χ0v) is 30.9. The van der Waals surface area contributed by atoms with E-state index >= 15 is 0 Å². The molecule has 0 saturated carbocycles. The monoisotopic (exact) mass is 699 g/mol. The smallest absolute Gasteiger partial charge is 0.300 e. The maximum atomic E-state index is 9.00. The first kappa shape index (κ1) is 90.3. The molecule has 0 aliphatic carbocycles. The Kier molecular flexibility index (Phi) is 215. The van der Waals surface area contributed by atoms with Crippen LogP contribution in [0.15, 0.2) is 0 Å². The molecule has 0 aromatic carbocycles. The molecule has 0 rings (SSSR count). The molecule has 0 heterocycles. The quantitative estimate of drug-likeness (QED) is 0.0620. The van der Waals surface area contributed by atoms with E-state index in [4.69, 9.17) is 79.4 Å². The van der Waals surface area contributed by atoms with Crippen molar-refractivity contribution >= 4 is 151 Å². The molecule has 0 fully saturated rings. The van der Waals surface area contributed by atoms with E-state index in [1.54, 1.807) is 0 Å². The van der Waals surface area contributed by atoms with Crippen molar-refractivity contribution in [2.45, 2.75) is 48.5 Å². The summed E-state index contributed by atoms with van der Waals surface area (Å²) in [4.78, 5) is 74.3. The van der Waals surface area contributed by atoms with Gasteiger partial charge in [-0.1, -0.05) is 0 Å². The molecule has 38 heavy (non-hydrogen) atoms. The first-order chi connectivity index (χ1) is 14.0. The number of carboxylic acids is 7. The Balaban J connectivity index is -0.0000000141. The van der Waals surface area contributed by atoms with Crippen molar-refractivity contribution in [2.75, 3.05) is 0 Å². The Labute approximate surface area is 324 Å². The van der Waals surface area contributed by atoms with E-state index in [9.17, 15) is 0 Å². The van der Waals surface area contributed by atoms with E-state index in [0.29, 0.717) is 0 Å². The predicted octanol–water partition coefficient (Wildman–Crippen LogP) is -2.24. The van der Waals surface area contributed by atoms with Gasteiger partial charge in [-0.25, -0.2) is 5.26 Å². The number of hydrogen-bond donors (Lipinski definition) is 8. The molecule has 19 nitrogen and oxygen atoms in total. The van der Waals surface area contributed by atoms with E-state index in [2.05, 4.69) is 4.89 Å². The summed E-state index contributed by atoms with van der Waals surface area (Å²) in [6.07, 6.45) is 0. The van der Waals surface area contributed by atoms with Crippen molar-refractivity contribution in [3.05, 3.63) is 0 Å². The fraction of sp³-hybridized carbons (Fsp3) is 0.467. The predicted molar refractivity (Wildman–Crippen MR) is 121 cm³/mol. The number of rotatable bonds is 1.